The van der Waals surface area contributed by atoms with Crippen molar-refractivity contribution >= 4 is 5.91 Å². The molecule has 3 unspecified atom stereocenters. The minimum atomic E-state index is -0.0112. The van der Waals surface area contributed by atoms with Crippen molar-refractivity contribution in [2.75, 3.05) is 19.6 Å². The standard InChI is InChI=1S/C19H22N2O3/c1-13-2-7-18(23-13)24-17-5-3-15(4-6-17)19(22)20-16-10-14-8-9-21(11-14)12-16/h2-7,14,16H,8-12H2,1H3,(H,20,22). The zero-order chi connectivity index (χ0) is 16.5. The van der Waals surface area contributed by atoms with Crippen LogP contribution in [0.4, 0.5) is 0 Å². The second-order valence-corrected chi connectivity index (χ2v) is 6.81. The van der Waals surface area contributed by atoms with E-state index in [0.29, 0.717) is 17.3 Å². The number of carbonyl (C=O) groups excluding carboxylic acids is 1. The fourth-order valence-electron chi connectivity index (χ4n) is 3.69. The number of nitrogens with one attached hydrogen (secondary N) is 1. The molecule has 5 nitrogen and oxygen atoms in total. The Morgan fingerprint density at radius 1 is 1.21 bits per heavy atom. The molecule has 3 atom stereocenters. The first kappa shape index (κ1) is 15.3. The van der Waals surface area contributed by atoms with Crippen LogP contribution in [-0.4, -0.2) is 36.5 Å². The molecule has 1 N–H and O–H groups in total. The first-order chi connectivity index (χ1) is 11.7. The second kappa shape index (κ2) is 6.32. The van der Waals surface area contributed by atoms with Crippen molar-refractivity contribution in [3.05, 3.63) is 47.7 Å². The smallest absolute Gasteiger partial charge is 0.290 e. The molecule has 2 aromatic rings. The number of hydrogen-bond donors (Lipinski definition) is 1. The Morgan fingerprint density at radius 3 is 2.75 bits per heavy atom. The number of benzene rings is 1. The fraction of sp³-hybridized carbons (Fsp3) is 0.421. The number of piperidine rings is 1. The Labute approximate surface area is 141 Å². The van der Waals surface area contributed by atoms with Gasteiger partial charge in [0, 0.05) is 30.8 Å². The van der Waals surface area contributed by atoms with Crippen LogP contribution in [0.25, 0.3) is 0 Å². The number of ether oxygens (including phenoxy) is 1. The number of furan rings is 1. The number of rotatable bonds is 4. The summed E-state index contributed by atoms with van der Waals surface area (Å²) in [5.41, 5.74) is 0.658. The van der Waals surface area contributed by atoms with Crippen LogP contribution in [0.15, 0.2) is 40.8 Å². The topological polar surface area (TPSA) is 54.7 Å². The highest BCUT2D eigenvalue weighted by molar-refractivity contribution is 5.94. The Balaban J connectivity index is 1.36. The average molecular weight is 326 g/mol. The maximum Gasteiger partial charge on any atom is 0.290 e. The molecule has 0 saturated carbocycles. The highest BCUT2D eigenvalue weighted by atomic mass is 16.6. The quantitative estimate of drug-likeness (QED) is 0.937. The van der Waals surface area contributed by atoms with Gasteiger partial charge in [-0.2, -0.15) is 0 Å². The van der Waals surface area contributed by atoms with Gasteiger partial charge in [-0.15, -0.1) is 0 Å². The molecule has 1 aromatic carbocycles. The molecular formula is C19H22N2O3. The summed E-state index contributed by atoms with van der Waals surface area (Å²) in [5, 5.41) is 3.17. The van der Waals surface area contributed by atoms with Gasteiger partial charge in [0.1, 0.15) is 11.5 Å². The summed E-state index contributed by atoms with van der Waals surface area (Å²) in [5.74, 6) is 2.65. The lowest BCUT2D eigenvalue weighted by Crippen LogP contribution is -2.46. The van der Waals surface area contributed by atoms with Crippen molar-refractivity contribution in [1.82, 2.24) is 10.2 Å². The highest BCUT2D eigenvalue weighted by Crippen LogP contribution is 2.27. The van der Waals surface area contributed by atoms with Crippen LogP contribution in [0.3, 0.4) is 0 Å². The molecule has 2 fully saturated rings. The Morgan fingerprint density at radius 2 is 2.04 bits per heavy atom. The van der Waals surface area contributed by atoms with Gasteiger partial charge in [-0.25, -0.2) is 0 Å². The second-order valence-electron chi connectivity index (χ2n) is 6.81. The monoisotopic (exact) mass is 326 g/mol. The first-order valence-electron chi connectivity index (χ1n) is 8.53. The number of hydrogen-bond acceptors (Lipinski definition) is 4. The zero-order valence-corrected chi connectivity index (χ0v) is 13.8. The number of nitrogens with zero attached hydrogens (tertiary/aromatic N) is 1. The molecule has 0 radical (unpaired) electrons. The lowest BCUT2D eigenvalue weighted by molar-refractivity contribution is 0.0909. The van der Waals surface area contributed by atoms with Gasteiger partial charge in [-0.3, -0.25) is 4.79 Å². The number of fused-ring (bicyclic) bond motifs is 2. The van der Waals surface area contributed by atoms with Crippen molar-refractivity contribution in [2.24, 2.45) is 5.92 Å². The third-order valence-electron chi connectivity index (χ3n) is 4.85. The lowest BCUT2D eigenvalue weighted by atomic mass is 9.96. The molecule has 2 bridgehead atoms. The summed E-state index contributed by atoms with van der Waals surface area (Å²) in [7, 11) is 0. The highest BCUT2D eigenvalue weighted by Gasteiger charge is 2.32. The zero-order valence-electron chi connectivity index (χ0n) is 13.8. The minimum absolute atomic E-state index is 0.0112. The summed E-state index contributed by atoms with van der Waals surface area (Å²) >= 11 is 0. The van der Waals surface area contributed by atoms with Gasteiger partial charge >= 0.3 is 0 Å². The largest absolute Gasteiger partial charge is 0.431 e. The van der Waals surface area contributed by atoms with E-state index in [-0.39, 0.29) is 11.9 Å². The molecule has 3 heterocycles. The first-order valence-corrected chi connectivity index (χ1v) is 8.53. The molecule has 1 aromatic heterocycles. The van der Waals surface area contributed by atoms with Crippen molar-refractivity contribution < 1.29 is 13.9 Å². The predicted octanol–water partition coefficient (Wildman–Crippen LogP) is 3.20. The molecule has 24 heavy (non-hydrogen) atoms. The molecule has 2 saturated heterocycles. The molecule has 1 amide bonds. The van der Waals surface area contributed by atoms with E-state index >= 15 is 0 Å². The average Bonchev–Trinajstić information content (AvgIpc) is 3.13. The van der Waals surface area contributed by atoms with E-state index in [1.54, 1.807) is 30.3 Å². The van der Waals surface area contributed by atoms with E-state index < -0.39 is 0 Å². The van der Waals surface area contributed by atoms with E-state index in [9.17, 15) is 4.79 Å². The van der Waals surface area contributed by atoms with Crippen LogP contribution in [0.5, 0.6) is 11.7 Å². The summed E-state index contributed by atoms with van der Waals surface area (Å²) in [6, 6.07) is 11.1. The van der Waals surface area contributed by atoms with E-state index in [4.69, 9.17) is 9.15 Å². The Kier molecular flexibility index (Phi) is 4.02. The number of carbonyl (C=O) groups is 1. The molecule has 0 spiro atoms. The maximum absolute atomic E-state index is 12.4. The van der Waals surface area contributed by atoms with E-state index in [2.05, 4.69) is 10.2 Å². The third kappa shape index (κ3) is 3.31. The fourth-order valence-corrected chi connectivity index (χ4v) is 3.69. The molecule has 4 rings (SSSR count). The van der Waals surface area contributed by atoms with Crippen LogP contribution in [0.2, 0.25) is 0 Å². The lowest BCUT2D eigenvalue weighted by Gasteiger charge is -2.30. The minimum Gasteiger partial charge on any atom is -0.431 e. The van der Waals surface area contributed by atoms with Crippen LogP contribution in [-0.2, 0) is 0 Å². The number of aryl methyl sites for hydroxylation is 1. The SMILES string of the molecule is Cc1ccc(Oc2ccc(C(=O)NC3CC4CCN(C4)C3)cc2)o1. The van der Waals surface area contributed by atoms with Crippen LogP contribution in [0, 0.1) is 12.8 Å². The summed E-state index contributed by atoms with van der Waals surface area (Å²) in [6.45, 7) is 5.22. The van der Waals surface area contributed by atoms with Gasteiger partial charge in [-0.05, 0) is 62.6 Å². The molecule has 2 aliphatic heterocycles. The van der Waals surface area contributed by atoms with Gasteiger partial charge in [0.15, 0.2) is 0 Å². The maximum atomic E-state index is 12.4. The number of amides is 1. The Bertz CT molecular complexity index is 710. The van der Waals surface area contributed by atoms with E-state index in [1.807, 2.05) is 13.0 Å². The van der Waals surface area contributed by atoms with Crippen molar-refractivity contribution in [2.45, 2.75) is 25.8 Å². The predicted molar refractivity (Wildman–Crippen MR) is 90.4 cm³/mol. The molecule has 0 aliphatic carbocycles. The van der Waals surface area contributed by atoms with Gasteiger partial charge in [-0.1, -0.05) is 0 Å². The molecular weight excluding hydrogens is 304 g/mol. The van der Waals surface area contributed by atoms with E-state index in [0.717, 1.165) is 24.6 Å². The Hall–Kier alpha value is -2.27. The van der Waals surface area contributed by atoms with Crippen LogP contribution >= 0.6 is 0 Å². The van der Waals surface area contributed by atoms with Crippen LogP contribution < -0.4 is 10.1 Å². The third-order valence-corrected chi connectivity index (χ3v) is 4.85. The van der Waals surface area contributed by atoms with E-state index in [1.165, 1.54) is 19.5 Å². The normalized spacial score (nSPS) is 25.5. The van der Waals surface area contributed by atoms with Gasteiger partial charge < -0.3 is 19.4 Å². The summed E-state index contributed by atoms with van der Waals surface area (Å²) in [4.78, 5) is 14.9. The van der Waals surface area contributed by atoms with Crippen LogP contribution in [0.1, 0.15) is 29.0 Å². The summed E-state index contributed by atoms with van der Waals surface area (Å²) < 4.78 is 11.0. The molecule has 5 heteroatoms. The molecule has 2 aliphatic rings. The molecule has 126 valence electrons. The van der Waals surface area contributed by atoms with Crippen molar-refractivity contribution in [3.63, 3.8) is 0 Å². The van der Waals surface area contributed by atoms with Crippen molar-refractivity contribution in [1.29, 1.82) is 0 Å². The van der Waals surface area contributed by atoms with Gasteiger partial charge in [0.25, 0.3) is 11.9 Å². The summed E-state index contributed by atoms with van der Waals surface area (Å²) in [6.07, 6.45) is 2.37. The van der Waals surface area contributed by atoms with Gasteiger partial charge in [0.05, 0.1) is 0 Å². The van der Waals surface area contributed by atoms with Gasteiger partial charge in [0.2, 0.25) is 0 Å². The van der Waals surface area contributed by atoms with Crippen molar-refractivity contribution in [3.8, 4) is 11.7 Å².